The normalized spacial score (nSPS) is 12.6. The summed E-state index contributed by atoms with van der Waals surface area (Å²) >= 11 is 3.41. The minimum absolute atomic E-state index is 0.0196. The van der Waals surface area contributed by atoms with Crippen LogP contribution in [0.25, 0.3) is 0 Å². The van der Waals surface area contributed by atoms with Gasteiger partial charge in [-0.1, -0.05) is 15.9 Å². The number of halogens is 1. The second-order valence-corrected chi connectivity index (χ2v) is 6.21. The minimum atomic E-state index is -0.390. The van der Waals surface area contributed by atoms with Gasteiger partial charge in [-0.2, -0.15) is 0 Å². The first kappa shape index (κ1) is 17.9. The Balaban J connectivity index is 3.92. The van der Waals surface area contributed by atoms with E-state index in [9.17, 15) is 4.79 Å². The van der Waals surface area contributed by atoms with Crippen molar-refractivity contribution < 1.29 is 19.0 Å². The van der Waals surface area contributed by atoms with Crippen molar-refractivity contribution in [2.75, 3.05) is 25.7 Å². The quantitative estimate of drug-likeness (QED) is 0.483. The molecule has 0 fully saturated rings. The van der Waals surface area contributed by atoms with Crippen LogP contribution >= 0.6 is 15.9 Å². The topological polar surface area (TPSA) is 44.8 Å². The molecule has 0 aromatic rings. The van der Waals surface area contributed by atoms with Crippen LogP contribution < -0.4 is 0 Å². The van der Waals surface area contributed by atoms with Crippen molar-refractivity contribution in [3.63, 3.8) is 0 Å². The van der Waals surface area contributed by atoms with E-state index in [0.29, 0.717) is 6.61 Å². The monoisotopic (exact) mass is 324 g/mol. The third kappa shape index (κ3) is 8.89. The number of rotatable bonds is 9. The van der Waals surface area contributed by atoms with E-state index in [0.717, 1.165) is 18.2 Å². The Kier molecular flexibility index (Phi) is 8.06. The molecule has 0 atom stereocenters. The summed E-state index contributed by atoms with van der Waals surface area (Å²) in [6, 6.07) is 0. The number of ether oxygens (including phenoxy) is 3. The van der Waals surface area contributed by atoms with E-state index in [1.54, 1.807) is 0 Å². The molecule has 0 saturated heterocycles. The average Bonchev–Trinajstić information content (AvgIpc) is 2.25. The first-order valence-corrected chi connectivity index (χ1v) is 7.25. The highest BCUT2D eigenvalue weighted by atomic mass is 79.9. The number of carbonyl (C=O) groups is 1. The summed E-state index contributed by atoms with van der Waals surface area (Å²) in [5.41, 5.74) is -0.527. The molecular weight excluding hydrogens is 300 g/mol. The van der Waals surface area contributed by atoms with E-state index in [4.69, 9.17) is 9.47 Å². The molecule has 108 valence electrons. The maximum atomic E-state index is 11.0. The summed E-state index contributed by atoms with van der Waals surface area (Å²) in [6.07, 6.45) is 1.69. The number of methoxy groups -OCH3 is 1. The summed E-state index contributed by atoms with van der Waals surface area (Å²) < 4.78 is 15.8. The lowest BCUT2D eigenvalue weighted by atomic mass is 10.0. The molecule has 0 saturated carbocycles. The summed E-state index contributed by atoms with van der Waals surface area (Å²) in [7, 11) is 1.35. The predicted molar refractivity (Wildman–Crippen MR) is 75.1 cm³/mol. The van der Waals surface area contributed by atoms with Crippen LogP contribution in [0.3, 0.4) is 0 Å². The Morgan fingerprint density at radius 3 is 2.11 bits per heavy atom. The predicted octanol–water partition coefficient (Wildman–Crippen LogP) is 2.92. The molecule has 0 unspecified atom stereocenters. The van der Waals surface area contributed by atoms with Crippen molar-refractivity contribution in [1.82, 2.24) is 0 Å². The maximum Gasteiger partial charge on any atom is 0.331 e. The van der Waals surface area contributed by atoms with E-state index in [2.05, 4.69) is 34.5 Å². The standard InChI is InChI=1S/C13H25BrO4/c1-12(2,6-8-14)17-9-7-13(3,4)18-10-11(15)16-5/h6-10H2,1-5H3. The van der Waals surface area contributed by atoms with Gasteiger partial charge in [-0.05, 0) is 40.5 Å². The van der Waals surface area contributed by atoms with Crippen LogP contribution in [0, 0.1) is 0 Å². The lowest BCUT2D eigenvalue weighted by molar-refractivity contribution is -0.153. The number of carbonyl (C=O) groups excluding carboxylic acids is 1. The molecule has 5 heteroatoms. The van der Waals surface area contributed by atoms with Gasteiger partial charge in [-0.15, -0.1) is 0 Å². The molecule has 0 aliphatic heterocycles. The van der Waals surface area contributed by atoms with E-state index < -0.39 is 5.60 Å². The molecule has 0 rings (SSSR count). The zero-order valence-corrected chi connectivity index (χ0v) is 13.6. The fourth-order valence-corrected chi connectivity index (χ4v) is 2.21. The fourth-order valence-electron chi connectivity index (χ4n) is 1.26. The third-order valence-corrected chi connectivity index (χ3v) is 3.10. The van der Waals surface area contributed by atoms with E-state index in [1.165, 1.54) is 7.11 Å². The van der Waals surface area contributed by atoms with Crippen LogP contribution in [0.4, 0.5) is 0 Å². The summed E-state index contributed by atoms with van der Waals surface area (Å²) in [6.45, 7) is 8.60. The molecule has 18 heavy (non-hydrogen) atoms. The highest BCUT2D eigenvalue weighted by molar-refractivity contribution is 9.09. The molecule has 0 amide bonds. The van der Waals surface area contributed by atoms with Crippen molar-refractivity contribution in [1.29, 1.82) is 0 Å². The van der Waals surface area contributed by atoms with Crippen LogP contribution in [0.1, 0.15) is 40.5 Å². The number of hydrogen-bond donors (Lipinski definition) is 0. The Morgan fingerprint density at radius 1 is 1.06 bits per heavy atom. The Bertz CT molecular complexity index is 251. The van der Waals surface area contributed by atoms with Gasteiger partial charge in [0.15, 0.2) is 0 Å². The number of alkyl halides is 1. The maximum absolute atomic E-state index is 11.0. The van der Waals surface area contributed by atoms with Crippen LogP contribution in [0.5, 0.6) is 0 Å². The Hall–Kier alpha value is -0.130. The SMILES string of the molecule is COC(=O)COC(C)(C)CCOC(C)(C)CCBr. The lowest BCUT2D eigenvalue weighted by Gasteiger charge is -2.29. The molecule has 0 aromatic heterocycles. The van der Waals surface area contributed by atoms with E-state index >= 15 is 0 Å². The van der Waals surface area contributed by atoms with Crippen LogP contribution in [0.2, 0.25) is 0 Å². The fraction of sp³-hybridized carbons (Fsp3) is 0.923. The van der Waals surface area contributed by atoms with Gasteiger partial charge in [0, 0.05) is 5.33 Å². The number of hydrogen-bond acceptors (Lipinski definition) is 4. The van der Waals surface area contributed by atoms with Crippen LogP contribution in [-0.2, 0) is 19.0 Å². The van der Waals surface area contributed by atoms with Crippen molar-refractivity contribution in [3.8, 4) is 0 Å². The van der Waals surface area contributed by atoms with Gasteiger partial charge >= 0.3 is 5.97 Å². The third-order valence-electron chi connectivity index (χ3n) is 2.70. The average molecular weight is 325 g/mol. The molecular formula is C13H25BrO4. The molecule has 0 N–H and O–H groups in total. The Labute approximate surface area is 118 Å². The molecule has 4 nitrogen and oxygen atoms in total. The van der Waals surface area contributed by atoms with Crippen LogP contribution in [0.15, 0.2) is 0 Å². The van der Waals surface area contributed by atoms with Gasteiger partial charge in [-0.25, -0.2) is 4.79 Å². The van der Waals surface area contributed by atoms with Crippen molar-refractivity contribution in [2.45, 2.75) is 51.7 Å². The van der Waals surface area contributed by atoms with Crippen molar-refractivity contribution in [2.24, 2.45) is 0 Å². The zero-order chi connectivity index (χ0) is 14.2. The molecule has 0 heterocycles. The van der Waals surface area contributed by atoms with Crippen molar-refractivity contribution >= 4 is 21.9 Å². The van der Waals surface area contributed by atoms with Gasteiger partial charge in [0.1, 0.15) is 6.61 Å². The van der Waals surface area contributed by atoms with Gasteiger partial charge in [0.2, 0.25) is 0 Å². The summed E-state index contributed by atoms with van der Waals surface area (Å²) in [4.78, 5) is 11.0. The van der Waals surface area contributed by atoms with Crippen molar-refractivity contribution in [3.05, 3.63) is 0 Å². The molecule has 0 spiro atoms. The molecule has 0 aliphatic rings. The second-order valence-electron chi connectivity index (χ2n) is 5.42. The van der Waals surface area contributed by atoms with Crippen LogP contribution in [-0.4, -0.2) is 42.8 Å². The summed E-state index contributed by atoms with van der Waals surface area (Å²) in [5.74, 6) is -0.358. The smallest absolute Gasteiger partial charge is 0.331 e. The first-order valence-electron chi connectivity index (χ1n) is 6.13. The van der Waals surface area contributed by atoms with E-state index in [1.807, 2.05) is 13.8 Å². The molecule has 0 bridgehead atoms. The molecule has 0 radical (unpaired) electrons. The van der Waals surface area contributed by atoms with Gasteiger partial charge in [0.05, 0.1) is 24.9 Å². The highest BCUT2D eigenvalue weighted by Gasteiger charge is 2.23. The lowest BCUT2D eigenvalue weighted by Crippen LogP contribution is -2.32. The highest BCUT2D eigenvalue weighted by Crippen LogP contribution is 2.20. The van der Waals surface area contributed by atoms with Gasteiger partial charge < -0.3 is 14.2 Å². The van der Waals surface area contributed by atoms with Gasteiger partial charge in [-0.3, -0.25) is 0 Å². The number of esters is 1. The van der Waals surface area contributed by atoms with Gasteiger partial charge in [0.25, 0.3) is 0 Å². The minimum Gasteiger partial charge on any atom is -0.467 e. The molecule has 0 aliphatic carbocycles. The Morgan fingerprint density at radius 2 is 1.61 bits per heavy atom. The molecule has 0 aromatic carbocycles. The first-order chi connectivity index (χ1) is 8.22. The second kappa shape index (κ2) is 8.12. The van der Waals surface area contributed by atoms with E-state index in [-0.39, 0.29) is 18.2 Å². The zero-order valence-electron chi connectivity index (χ0n) is 12.0. The summed E-state index contributed by atoms with van der Waals surface area (Å²) in [5, 5.41) is 0.919. The largest absolute Gasteiger partial charge is 0.467 e.